The van der Waals surface area contributed by atoms with Gasteiger partial charge in [-0.3, -0.25) is 4.79 Å². The van der Waals surface area contributed by atoms with E-state index in [4.69, 9.17) is 5.73 Å². The van der Waals surface area contributed by atoms with Crippen molar-refractivity contribution in [2.24, 2.45) is 17.6 Å². The Kier molecular flexibility index (Phi) is 4.78. The van der Waals surface area contributed by atoms with Gasteiger partial charge >= 0.3 is 0 Å². The molecule has 2 rings (SSSR count). The maximum Gasteiger partial charge on any atom is 0.223 e. The van der Waals surface area contributed by atoms with Gasteiger partial charge in [-0.2, -0.15) is 0 Å². The molecule has 0 spiro atoms. The molecule has 1 saturated carbocycles. The highest BCUT2D eigenvalue weighted by Crippen LogP contribution is 2.29. The van der Waals surface area contributed by atoms with Crippen molar-refractivity contribution in [3.05, 3.63) is 22.4 Å². The standard InChI is InChI=1S/C14H22N2OS/c1-10(13-3-2-8-18-13)16-14(17)12-6-4-11(9-15)5-7-12/h2-3,8,10-12H,4-7,9,15H2,1H3,(H,16,17). The van der Waals surface area contributed by atoms with Crippen molar-refractivity contribution in [1.29, 1.82) is 0 Å². The van der Waals surface area contributed by atoms with E-state index in [-0.39, 0.29) is 17.9 Å². The van der Waals surface area contributed by atoms with Gasteiger partial charge in [-0.15, -0.1) is 11.3 Å². The Morgan fingerprint density at radius 2 is 2.22 bits per heavy atom. The van der Waals surface area contributed by atoms with E-state index >= 15 is 0 Å². The number of nitrogens with one attached hydrogen (secondary N) is 1. The number of rotatable bonds is 4. The highest BCUT2D eigenvalue weighted by Gasteiger charge is 2.26. The molecule has 18 heavy (non-hydrogen) atoms. The van der Waals surface area contributed by atoms with Crippen LogP contribution in [0.5, 0.6) is 0 Å². The molecule has 3 nitrogen and oxygen atoms in total. The van der Waals surface area contributed by atoms with E-state index in [0.29, 0.717) is 5.92 Å². The van der Waals surface area contributed by atoms with Crippen LogP contribution in [0.25, 0.3) is 0 Å². The minimum atomic E-state index is 0.129. The van der Waals surface area contributed by atoms with Crippen LogP contribution in [0.4, 0.5) is 0 Å². The second-order valence-corrected chi connectivity index (χ2v) is 6.18. The minimum Gasteiger partial charge on any atom is -0.349 e. The number of carbonyl (C=O) groups is 1. The zero-order valence-electron chi connectivity index (χ0n) is 10.9. The van der Waals surface area contributed by atoms with Gasteiger partial charge in [-0.25, -0.2) is 0 Å². The third kappa shape index (κ3) is 3.33. The van der Waals surface area contributed by atoms with E-state index in [9.17, 15) is 4.79 Å². The molecule has 1 aliphatic rings. The molecule has 4 heteroatoms. The largest absolute Gasteiger partial charge is 0.349 e. The van der Waals surface area contributed by atoms with Crippen LogP contribution in [0.1, 0.15) is 43.5 Å². The maximum absolute atomic E-state index is 12.2. The second kappa shape index (κ2) is 6.34. The fourth-order valence-electron chi connectivity index (χ4n) is 2.60. The molecule has 1 unspecified atom stereocenters. The van der Waals surface area contributed by atoms with Gasteiger partial charge in [0.05, 0.1) is 6.04 Å². The number of hydrogen-bond acceptors (Lipinski definition) is 3. The van der Waals surface area contributed by atoms with Crippen LogP contribution in [-0.2, 0) is 4.79 Å². The van der Waals surface area contributed by atoms with Crippen LogP contribution >= 0.6 is 11.3 Å². The van der Waals surface area contributed by atoms with Gasteiger partial charge in [0.2, 0.25) is 5.91 Å². The van der Waals surface area contributed by atoms with Gasteiger partial charge in [0.15, 0.2) is 0 Å². The van der Waals surface area contributed by atoms with Crippen molar-refractivity contribution in [2.45, 2.75) is 38.6 Å². The van der Waals surface area contributed by atoms with E-state index in [0.717, 1.165) is 32.2 Å². The predicted molar refractivity (Wildman–Crippen MR) is 75.4 cm³/mol. The van der Waals surface area contributed by atoms with Gasteiger partial charge in [-0.1, -0.05) is 6.07 Å². The Bertz CT molecular complexity index is 369. The van der Waals surface area contributed by atoms with E-state index in [1.165, 1.54) is 4.88 Å². The SMILES string of the molecule is CC(NC(=O)C1CCC(CN)CC1)c1cccs1. The number of hydrogen-bond donors (Lipinski definition) is 2. The summed E-state index contributed by atoms with van der Waals surface area (Å²) in [4.78, 5) is 13.4. The van der Waals surface area contributed by atoms with Gasteiger partial charge in [0.1, 0.15) is 0 Å². The smallest absolute Gasteiger partial charge is 0.223 e. The lowest BCUT2D eigenvalue weighted by molar-refractivity contribution is -0.126. The molecule has 0 aromatic carbocycles. The van der Waals surface area contributed by atoms with E-state index in [1.54, 1.807) is 11.3 Å². The summed E-state index contributed by atoms with van der Waals surface area (Å²) in [6.07, 6.45) is 4.18. The van der Waals surface area contributed by atoms with Crippen molar-refractivity contribution in [3.63, 3.8) is 0 Å². The van der Waals surface area contributed by atoms with E-state index in [2.05, 4.69) is 18.3 Å². The quantitative estimate of drug-likeness (QED) is 0.880. The first-order chi connectivity index (χ1) is 8.70. The fourth-order valence-corrected chi connectivity index (χ4v) is 3.33. The van der Waals surface area contributed by atoms with Crippen molar-refractivity contribution < 1.29 is 4.79 Å². The Morgan fingerprint density at radius 3 is 2.78 bits per heavy atom. The van der Waals surface area contributed by atoms with Crippen LogP contribution in [0.15, 0.2) is 17.5 Å². The second-order valence-electron chi connectivity index (χ2n) is 5.20. The molecular weight excluding hydrogens is 244 g/mol. The van der Waals surface area contributed by atoms with Crippen molar-refractivity contribution >= 4 is 17.2 Å². The molecule has 1 amide bonds. The summed E-state index contributed by atoms with van der Waals surface area (Å²) in [5.74, 6) is 1.03. The molecule has 1 heterocycles. The monoisotopic (exact) mass is 266 g/mol. The first-order valence-corrected chi connectivity index (χ1v) is 7.62. The molecule has 0 aliphatic heterocycles. The normalized spacial score (nSPS) is 25.7. The molecule has 0 radical (unpaired) electrons. The number of nitrogens with two attached hydrogens (primary N) is 1. The van der Waals surface area contributed by atoms with Crippen LogP contribution in [0.3, 0.4) is 0 Å². The lowest BCUT2D eigenvalue weighted by atomic mass is 9.81. The average Bonchev–Trinajstić information content (AvgIpc) is 2.92. The van der Waals surface area contributed by atoms with Gasteiger partial charge in [0, 0.05) is 10.8 Å². The number of carbonyl (C=O) groups excluding carboxylic acids is 1. The Morgan fingerprint density at radius 1 is 1.50 bits per heavy atom. The zero-order valence-corrected chi connectivity index (χ0v) is 11.7. The highest BCUT2D eigenvalue weighted by molar-refractivity contribution is 7.10. The van der Waals surface area contributed by atoms with Gasteiger partial charge in [0.25, 0.3) is 0 Å². The average molecular weight is 266 g/mol. The molecular formula is C14H22N2OS. The van der Waals surface area contributed by atoms with E-state index < -0.39 is 0 Å². The number of amides is 1. The predicted octanol–water partition coefficient (Wildman–Crippen LogP) is 2.69. The van der Waals surface area contributed by atoms with E-state index in [1.807, 2.05) is 11.4 Å². The fraction of sp³-hybridized carbons (Fsp3) is 0.643. The topological polar surface area (TPSA) is 55.1 Å². The molecule has 3 N–H and O–H groups in total. The zero-order chi connectivity index (χ0) is 13.0. The first-order valence-electron chi connectivity index (χ1n) is 6.74. The summed E-state index contributed by atoms with van der Waals surface area (Å²) < 4.78 is 0. The summed E-state index contributed by atoms with van der Waals surface area (Å²) in [5.41, 5.74) is 5.67. The third-order valence-electron chi connectivity index (χ3n) is 3.88. The summed E-state index contributed by atoms with van der Waals surface area (Å²) in [6, 6.07) is 4.22. The first kappa shape index (κ1) is 13.6. The summed E-state index contributed by atoms with van der Waals surface area (Å²) in [5, 5.41) is 5.17. The van der Waals surface area contributed by atoms with Crippen LogP contribution in [-0.4, -0.2) is 12.5 Å². The molecule has 100 valence electrons. The molecule has 0 bridgehead atoms. The molecule has 0 saturated heterocycles. The summed E-state index contributed by atoms with van der Waals surface area (Å²) >= 11 is 1.69. The van der Waals surface area contributed by atoms with Crippen molar-refractivity contribution in [2.75, 3.05) is 6.54 Å². The lowest BCUT2D eigenvalue weighted by Gasteiger charge is -2.27. The van der Waals surface area contributed by atoms with Crippen LogP contribution < -0.4 is 11.1 Å². The maximum atomic E-state index is 12.2. The highest BCUT2D eigenvalue weighted by atomic mass is 32.1. The Hall–Kier alpha value is -0.870. The van der Waals surface area contributed by atoms with Crippen LogP contribution in [0.2, 0.25) is 0 Å². The molecule has 1 aromatic rings. The minimum absolute atomic E-state index is 0.129. The molecule has 1 aromatic heterocycles. The number of thiophene rings is 1. The van der Waals surface area contributed by atoms with Gasteiger partial charge < -0.3 is 11.1 Å². The summed E-state index contributed by atoms with van der Waals surface area (Å²) in [7, 11) is 0. The molecule has 1 aliphatic carbocycles. The van der Waals surface area contributed by atoms with Crippen LogP contribution in [0, 0.1) is 11.8 Å². The third-order valence-corrected chi connectivity index (χ3v) is 4.93. The summed E-state index contributed by atoms with van der Waals surface area (Å²) in [6.45, 7) is 2.81. The van der Waals surface area contributed by atoms with Gasteiger partial charge in [-0.05, 0) is 56.5 Å². The Balaban J connectivity index is 1.82. The molecule has 1 atom stereocenters. The van der Waals surface area contributed by atoms with Crippen molar-refractivity contribution in [1.82, 2.24) is 5.32 Å². The molecule has 1 fully saturated rings. The Labute approximate surface area is 113 Å². The van der Waals surface area contributed by atoms with Crippen molar-refractivity contribution in [3.8, 4) is 0 Å². The lowest BCUT2D eigenvalue weighted by Crippen LogP contribution is -2.35.